The fourth-order valence-electron chi connectivity index (χ4n) is 1.95. The van der Waals surface area contributed by atoms with Crippen LogP contribution in [0, 0.1) is 20.8 Å². The second-order valence-corrected chi connectivity index (χ2v) is 5.44. The zero-order valence-electron chi connectivity index (χ0n) is 11.5. The Morgan fingerprint density at radius 2 is 1.75 bits per heavy atom. The molecule has 1 heterocycles. The number of carbonyl (C=O) groups excluding carboxylic acids is 1. The minimum absolute atomic E-state index is 0.211. The summed E-state index contributed by atoms with van der Waals surface area (Å²) in [5, 5.41) is 15.6. The third kappa shape index (κ3) is 2.72. The Kier molecular flexibility index (Phi) is 3.90. The van der Waals surface area contributed by atoms with Crippen molar-refractivity contribution in [3.05, 3.63) is 50.7 Å². The number of nitrogens with one attached hydrogen (secondary N) is 1. The third-order valence-electron chi connectivity index (χ3n) is 3.26. The molecule has 4 nitrogen and oxygen atoms in total. The van der Waals surface area contributed by atoms with Crippen LogP contribution in [0.1, 0.15) is 37.4 Å². The van der Waals surface area contributed by atoms with E-state index in [-0.39, 0.29) is 11.5 Å². The summed E-state index contributed by atoms with van der Waals surface area (Å²) in [6, 6.07) is 3.27. The monoisotopic (exact) mass is 289 g/mol. The molecule has 0 radical (unpaired) electrons. The molecule has 1 aromatic carbocycles. The van der Waals surface area contributed by atoms with Gasteiger partial charge in [0.25, 0.3) is 5.91 Å². The van der Waals surface area contributed by atoms with E-state index in [1.807, 2.05) is 19.2 Å². The van der Waals surface area contributed by atoms with Crippen molar-refractivity contribution in [1.29, 1.82) is 0 Å². The molecular weight excluding hydrogens is 274 g/mol. The Bertz CT molecular complexity index is 688. The standard InChI is InChI=1S/C15H15NO3S/c1-8-4-11(5-12(10(8)3)15(18)19)16-14(17)13-7-20-6-9(13)2/h4-7H,1-3H3,(H,16,17)(H,18,19). The quantitative estimate of drug-likeness (QED) is 0.906. The normalized spacial score (nSPS) is 10.3. The molecule has 2 rings (SSSR count). The largest absolute Gasteiger partial charge is 0.478 e. The van der Waals surface area contributed by atoms with Crippen molar-refractivity contribution in [2.45, 2.75) is 20.8 Å². The number of amides is 1. The molecule has 104 valence electrons. The van der Waals surface area contributed by atoms with Crippen molar-refractivity contribution < 1.29 is 14.7 Å². The highest BCUT2D eigenvalue weighted by Gasteiger charge is 2.14. The SMILES string of the molecule is Cc1cscc1C(=O)Nc1cc(C)c(C)c(C(=O)O)c1. The minimum Gasteiger partial charge on any atom is -0.478 e. The average Bonchev–Trinajstić information content (AvgIpc) is 2.79. The predicted octanol–water partition coefficient (Wildman–Crippen LogP) is 3.62. The van der Waals surface area contributed by atoms with E-state index in [0.29, 0.717) is 16.8 Å². The molecule has 0 bridgehead atoms. The molecule has 5 heteroatoms. The fraction of sp³-hybridized carbons (Fsp3) is 0.200. The van der Waals surface area contributed by atoms with Gasteiger partial charge in [-0.15, -0.1) is 0 Å². The Hall–Kier alpha value is -2.14. The Balaban J connectivity index is 2.33. The van der Waals surface area contributed by atoms with E-state index in [9.17, 15) is 9.59 Å². The maximum Gasteiger partial charge on any atom is 0.336 e. The highest BCUT2D eigenvalue weighted by molar-refractivity contribution is 7.08. The second kappa shape index (κ2) is 5.46. The molecule has 0 saturated heterocycles. The van der Waals surface area contributed by atoms with Gasteiger partial charge in [0.2, 0.25) is 0 Å². The van der Waals surface area contributed by atoms with Gasteiger partial charge in [-0.05, 0) is 55.0 Å². The average molecular weight is 289 g/mol. The van der Waals surface area contributed by atoms with Crippen LogP contribution in [-0.4, -0.2) is 17.0 Å². The van der Waals surface area contributed by atoms with Gasteiger partial charge in [-0.25, -0.2) is 4.79 Å². The zero-order valence-corrected chi connectivity index (χ0v) is 12.3. The van der Waals surface area contributed by atoms with E-state index in [4.69, 9.17) is 5.11 Å². The van der Waals surface area contributed by atoms with Crippen LogP contribution in [0.4, 0.5) is 5.69 Å². The van der Waals surface area contributed by atoms with E-state index in [0.717, 1.165) is 11.1 Å². The predicted molar refractivity (Wildman–Crippen MR) is 79.9 cm³/mol. The number of hydrogen-bond donors (Lipinski definition) is 2. The summed E-state index contributed by atoms with van der Waals surface area (Å²) >= 11 is 1.46. The van der Waals surface area contributed by atoms with Crippen LogP contribution >= 0.6 is 11.3 Å². The fourth-order valence-corrected chi connectivity index (χ4v) is 2.77. The van der Waals surface area contributed by atoms with Crippen LogP contribution in [0.3, 0.4) is 0 Å². The van der Waals surface area contributed by atoms with Crippen LogP contribution in [0.15, 0.2) is 22.9 Å². The first-order chi connectivity index (χ1) is 9.40. The van der Waals surface area contributed by atoms with Gasteiger partial charge in [0.05, 0.1) is 11.1 Å². The molecule has 0 aliphatic heterocycles. The number of hydrogen-bond acceptors (Lipinski definition) is 3. The van der Waals surface area contributed by atoms with Crippen molar-refractivity contribution >= 4 is 28.9 Å². The summed E-state index contributed by atoms with van der Waals surface area (Å²) < 4.78 is 0. The van der Waals surface area contributed by atoms with Crippen molar-refractivity contribution in [3.63, 3.8) is 0 Å². The zero-order chi connectivity index (χ0) is 14.9. The summed E-state index contributed by atoms with van der Waals surface area (Å²) in [4.78, 5) is 23.3. The molecule has 0 aliphatic rings. The Morgan fingerprint density at radius 1 is 1.05 bits per heavy atom. The van der Waals surface area contributed by atoms with E-state index >= 15 is 0 Å². The van der Waals surface area contributed by atoms with Gasteiger partial charge in [0.1, 0.15) is 0 Å². The molecule has 1 amide bonds. The van der Waals surface area contributed by atoms with E-state index in [1.54, 1.807) is 18.4 Å². The summed E-state index contributed by atoms with van der Waals surface area (Å²) in [7, 11) is 0. The van der Waals surface area contributed by atoms with Crippen LogP contribution < -0.4 is 5.32 Å². The lowest BCUT2D eigenvalue weighted by Gasteiger charge is -2.10. The van der Waals surface area contributed by atoms with Gasteiger partial charge in [-0.3, -0.25) is 4.79 Å². The molecule has 0 spiro atoms. The highest BCUT2D eigenvalue weighted by atomic mass is 32.1. The van der Waals surface area contributed by atoms with Gasteiger partial charge in [0, 0.05) is 11.1 Å². The highest BCUT2D eigenvalue weighted by Crippen LogP contribution is 2.22. The van der Waals surface area contributed by atoms with Crippen molar-refractivity contribution in [2.75, 3.05) is 5.32 Å². The summed E-state index contributed by atoms with van der Waals surface area (Å²) in [6.07, 6.45) is 0. The first kappa shape index (κ1) is 14.3. The molecule has 0 fully saturated rings. The molecular formula is C15H15NO3S. The first-order valence-corrected chi connectivity index (χ1v) is 7.03. The molecule has 2 N–H and O–H groups in total. The van der Waals surface area contributed by atoms with Gasteiger partial charge in [0.15, 0.2) is 0 Å². The van der Waals surface area contributed by atoms with Crippen LogP contribution in [0.25, 0.3) is 0 Å². The number of aromatic carboxylic acids is 1. The lowest BCUT2D eigenvalue weighted by molar-refractivity contribution is 0.0695. The number of anilines is 1. The second-order valence-electron chi connectivity index (χ2n) is 4.69. The maximum atomic E-state index is 12.1. The van der Waals surface area contributed by atoms with Gasteiger partial charge >= 0.3 is 5.97 Å². The molecule has 20 heavy (non-hydrogen) atoms. The van der Waals surface area contributed by atoms with Crippen molar-refractivity contribution in [2.24, 2.45) is 0 Å². The summed E-state index contributed by atoms with van der Waals surface area (Å²) in [6.45, 7) is 5.45. The lowest BCUT2D eigenvalue weighted by atomic mass is 10.0. The molecule has 2 aromatic rings. The molecule has 0 aliphatic carbocycles. The minimum atomic E-state index is -0.992. The number of carbonyl (C=O) groups is 2. The molecule has 1 aromatic heterocycles. The van der Waals surface area contributed by atoms with Gasteiger partial charge < -0.3 is 10.4 Å². The van der Waals surface area contributed by atoms with Crippen molar-refractivity contribution in [3.8, 4) is 0 Å². The topological polar surface area (TPSA) is 66.4 Å². The van der Waals surface area contributed by atoms with Gasteiger partial charge in [-0.1, -0.05) is 0 Å². The number of rotatable bonds is 3. The Morgan fingerprint density at radius 3 is 2.30 bits per heavy atom. The molecule has 0 saturated carbocycles. The van der Waals surface area contributed by atoms with E-state index < -0.39 is 5.97 Å². The van der Waals surface area contributed by atoms with Gasteiger partial charge in [-0.2, -0.15) is 11.3 Å². The number of aryl methyl sites for hydroxylation is 2. The molecule has 0 unspecified atom stereocenters. The third-order valence-corrected chi connectivity index (χ3v) is 4.12. The van der Waals surface area contributed by atoms with Crippen LogP contribution in [0.2, 0.25) is 0 Å². The maximum absolute atomic E-state index is 12.1. The number of carboxylic acids is 1. The van der Waals surface area contributed by atoms with E-state index in [1.165, 1.54) is 17.4 Å². The number of thiophene rings is 1. The number of carboxylic acid groups (broad SMARTS) is 1. The van der Waals surface area contributed by atoms with Crippen LogP contribution in [0.5, 0.6) is 0 Å². The lowest BCUT2D eigenvalue weighted by Crippen LogP contribution is -2.13. The summed E-state index contributed by atoms with van der Waals surface area (Å²) in [5.74, 6) is -1.21. The molecule has 0 atom stereocenters. The van der Waals surface area contributed by atoms with E-state index in [2.05, 4.69) is 5.32 Å². The first-order valence-electron chi connectivity index (χ1n) is 6.09. The van der Waals surface area contributed by atoms with Crippen LogP contribution in [-0.2, 0) is 0 Å². The smallest absolute Gasteiger partial charge is 0.336 e. The van der Waals surface area contributed by atoms with Crippen molar-refractivity contribution in [1.82, 2.24) is 0 Å². The Labute approximate surface area is 121 Å². The summed E-state index contributed by atoms with van der Waals surface area (Å²) in [5.41, 5.74) is 3.78. The number of benzene rings is 1.